The highest BCUT2D eigenvalue weighted by Gasteiger charge is 2.54. The Hall–Kier alpha value is -2.92. The first-order valence-corrected chi connectivity index (χ1v) is 15.1. The molecule has 0 saturated carbocycles. The molecule has 0 amide bonds. The number of ether oxygens (including phenoxy) is 4. The van der Waals surface area contributed by atoms with Crippen molar-refractivity contribution < 1.29 is 47.8 Å². The Morgan fingerprint density at radius 1 is 1.17 bits per heavy atom. The van der Waals surface area contributed by atoms with E-state index in [2.05, 4.69) is 25.1 Å². The van der Waals surface area contributed by atoms with Crippen LogP contribution in [0.2, 0.25) is 0 Å². The van der Waals surface area contributed by atoms with Gasteiger partial charge in [0.2, 0.25) is 11.8 Å². The molecular formula is C24H40N7O10P. The fourth-order valence-electron chi connectivity index (χ4n) is 4.16. The number of nitrogens with one attached hydrogen (secondary N) is 2. The maximum absolute atomic E-state index is 13.9. The van der Waals surface area contributed by atoms with Gasteiger partial charge in [-0.2, -0.15) is 9.97 Å². The minimum absolute atomic E-state index is 0.102. The van der Waals surface area contributed by atoms with Crippen molar-refractivity contribution in [1.82, 2.24) is 29.7 Å². The zero-order valence-electron chi connectivity index (χ0n) is 24.5. The standard InChI is InChI=1S/C24H40N7O10P/c1-7-9-38-20(33)13(3)29-42(36,30-14(4)21(34)39-10-8-2)40-11-15-17(32)24(5,35)22(41-15)31-12-26-16-18(31)27-23(25)28-19(16)37-6/h12-15,17,22,32,35H,7-11H2,1-6H3,(H2,25,27,28)(H2,29,30,36)/t13-,14-,15+,17+,22+,24+/m0/s1. The SMILES string of the molecule is CCCOC(=O)[C@H](C)NP(=O)(N[C@@H](C)C(=O)OCCC)OC[C@H]1O[C@@H](n2cnc3c(OC)nc(N)nc32)[C@](C)(O)[C@@H]1O. The lowest BCUT2D eigenvalue weighted by Gasteiger charge is -2.28. The smallest absolute Gasteiger partial charge is 0.342 e. The van der Waals surface area contributed by atoms with Crippen molar-refractivity contribution in [1.29, 1.82) is 0 Å². The molecule has 42 heavy (non-hydrogen) atoms. The molecule has 236 valence electrons. The summed E-state index contributed by atoms with van der Waals surface area (Å²) in [5.41, 5.74) is 4.30. The van der Waals surface area contributed by atoms with Gasteiger partial charge in [0.15, 0.2) is 17.4 Å². The van der Waals surface area contributed by atoms with Gasteiger partial charge < -0.3 is 39.4 Å². The van der Waals surface area contributed by atoms with Gasteiger partial charge in [0.25, 0.3) is 0 Å². The van der Waals surface area contributed by atoms with Crippen LogP contribution in [0.3, 0.4) is 0 Å². The summed E-state index contributed by atoms with van der Waals surface area (Å²) < 4.78 is 42.3. The van der Waals surface area contributed by atoms with Crippen LogP contribution < -0.4 is 20.6 Å². The average molecular weight is 618 g/mol. The number of carbonyl (C=O) groups excluding carboxylic acids is 2. The number of anilines is 1. The number of imidazole rings is 1. The van der Waals surface area contributed by atoms with E-state index in [-0.39, 0.29) is 36.2 Å². The molecule has 6 N–H and O–H groups in total. The van der Waals surface area contributed by atoms with Crippen LogP contribution in [-0.4, -0.2) is 98.5 Å². The van der Waals surface area contributed by atoms with Gasteiger partial charge in [-0.05, 0) is 33.6 Å². The summed E-state index contributed by atoms with van der Waals surface area (Å²) in [5, 5.41) is 27.4. The Kier molecular flexibility index (Phi) is 11.2. The number of nitrogen functional groups attached to an aromatic ring is 1. The first-order valence-electron chi connectivity index (χ1n) is 13.5. The Morgan fingerprint density at radius 2 is 1.74 bits per heavy atom. The maximum Gasteiger partial charge on any atom is 0.342 e. The quantitative estimate of drug-likeness (QED) is 0.135. The average Bonchev–Trinajstić information content (AvgIpc) is 3.45. The van der Waals surface area contributed by atoms with E-state index in [1.807, 2.05) is 13.8 Å². The molecule has 0 radical (unpaired) electrons. The minimum atomic E-state index is -4.21. The number of aromatic nitrogens is 4. The third-order valence-corrected chi connectivity index (χ3v) is 8.33. The van der Waals surface area contributed by atoms with Gasteiger partial charge in [-0.15, -0.1) is 0 Å². The molecule has 1 saturated heterocycles. The summed E-state index contributed by atoms with van der Waals surface area (Å²) in [6, 6.07) is -2.20. The molecule has 0 unspecified atom stereocenters. The van der Waals surface area contributed by atoms with E-state index in [4.69, 9.17) is 29.2 Å². The molecule has 0 aromatic carbocycles. The molecular weight excluding hydrogens is 577 g/mol. The van der Waals surface area contributed by atoms with Gasteiger partial charge in [-0.3, -0.25) is 18.7 Å². The number of hydrogen-bond donors (Lipinski definition) is 5. The molecule has 17 nitrogen and oxygen atoms in total. The van der Waals surface area contributed by atoms with Crippen LogP contribution >= 0.6 is 7.67 Å². The summed E-state index contributed by atoms with van der Waals surface area (Å²) in [6.07, 6.45) is -1.53. The number of carbonyl (C=O) groups is 2. The largest absolute Gasteiger partial charge is 0.479 e. The first kappa shape index (κ1) is 33.6. The fourth-order valence-corrected chi connectivity index (χ4v) is 5.97. The number of fused-ring (bicyclic) bond motifs is 1. The molecule has 1 fully saturated rings. The van der Waals surface area contributed by atoms with E-state index in [9.17, 15) is 24.4 Å². The van der Waals surface area contributed by atoms with Crippen molar-refractivity contribution in [3.8, 4) is 5.88 Å². The van der Waals surface area contributed by atoms with Crippen molar-refractivity contribution >= 4 is 36.7 Å². The fraction of sp³-hybridized carbons (Fsp3) is 0.708. The summed E-state index contributed by atoms with van der Waals surface area (Å²) in [4.78, 5) is 37.1. The zero-order chi connectivity index (χ0) is 31.2. The third kappa shape index (κ3) is 7.53. The molecule has 3 heterocycles. The van der Waals surface area contributed by atoms with Crippen LogP contribution in [0.5, 0.6) is 5.88 Å². The molecule has 2 aromatic rings. The topological polar surface area (TPSA) is 232 Å². The zero-order valence-corrected chi connectivity index (χ0v) is 25.4. The summed E-state index contributed by atoms with van der Waals surface area (Å²) >= 11 is 0. The molecule has 3 rings (SSSR count). The van der Waals surface area contributed by atoms with Gasteiger partial charge in [0.05, 0.1) is 33.3 Å². The molecule has 2 aromatic heterocycles. The van der Waals surface area contributed by atoms with Crippen LogP contribution in [0.15, 0.2) is 6.33 Å². The second kappa shape index (κ2) is 14.0. The van der Waals surface area contributed by atoms with Gasteiger partial charge in [0, 0.05) is 0 Å². The van der Waals surface area contributed by atoms with E-state index >= 15 is 0 Å². The molecule has 0 aliphatic carbocycles. The third-order valence-electron chi connectivity index (χ3n) is 6.36. The van der Waals surface area contributed by atoms with Crippen molar-refractivity contribution in [3.05, 3.63) is 6.33 Å². The predicted octanol–water partition coefficient (Wildman–Crippen LogP) is 0.414. The van der Waals surface area contributed by atoms with Crippen molar-refractivity contribution in [2.24, 2.45) is 0 Å². The van der Waals surface area contributed by atoms with Gasteiger partial charge >= 0.3 is 19.6 Å². The highest BCUT2D eigenvalue weighted by molar-refractivity contribution is 7.54. The minimum Gasteiger partial charge on any atom is -0.479 e. The van der Waals surface area contributed by atoms with Crippen LogP contribution in [0.1, 0.15) is 53.7 Å². The number of nitrogens with zero attached hydrogens (tertiary/aromatic N) is 4. The summed E-state index contributed by atoms with van der Waals surface area (Å²) in [5.74, 6) is -1.39. The van der Waals surface area contributed by atoms with Crippen LogP contribution in [-0.2, 0) is 32.9 Å². The number of esters is 2. The lowest BCUT2D eigenvalue weighted by molar-refractivity contribution is -0.145. The summed E-state index contributed by atoms with van der Waals surface area (Å²) in [7, 11) is -2.82. The molecule has 18 heteroatoms. The predicted molar refractivity (Wildman–Crippen MR) is 148 cm³/mol. The highest BCUT2D eigenvalue weighted by atomic mass is 31.2. The second-order valence-corrected chi connectivity index (χ2v) is 11.9. The highest BCUT2D eigenvalue weighted by Crippen LogP contribution is 2.44. The van der Waals surface area contributed by atoms with Crippen molar-refractivity contribution in [2.45, 2.75) is 83.6 Å². The van der Waals surface area contributed by atoms with E-state index in [0.717, 1.165) is 0 Å². The second-order valence-electron chi connectivity index (χ2n) is 10.00. The molecule has 6 atom stereocenters. The lowest BCUT2D eigenvalue weighted by Crippen LogP contribution is -2.45. The van der Waals surface area contributed by atoms with E-state index < -0.39 is 62.3 Å². The van der Waals surface area contributed by atoms with E-state index in [1.165, 1.54) is 38.8 Å². The number of aliphatic hydroxyl groups excluding tert-OH is 1. The molecule has 0 spiro atoms. The number of methoxy groups -OCH3 is 1. The molecule has 1 aliphatic rings. The van der Waals surface area contributed by atoms with Crippen LogP contribution in [0.4, 0.5) is 5.95 Å². The van der Waals surface area contributed by atoms with Gasteiger partial charge in [-0.25, -0.2) is 15.2 Å². The molecule has 1 aliphatic heterocycles. The first-order chi connectivity index (χ1) is 19.8. The monoisotopic (exact) mass is 617 g/mol. The van der Waals surface area contributed by atoms with Crippen LogP contribution in [0, 0.1) is 0 Å². The van der Waals surface area contributed by atoms with Gasteiger partial charge in [0.1, 0.15) is 29.9 Å². The lowest BCUT2D eigenvalue weighted by atomic mass is 9.96. The Morgan fingerprint density at radius 3 is 2.26 bits per heavy atom. The Balaban J connectivity index is 1.82. The van der Waals surface area contributed by atoms with Crippen molar-refractivity contribution in [2.75, 3.05) is 32.7 Å². The van der Waals surface area contributed by atoms with Crippen LogP contribution in [0.25, 0.3) is 11.2 Å². The van der Waals surface area contributed by atoms with E-state index in [1.54, 1.807) is 0 Å². The Labute approximate surface area is 243 Å². The number of aliphatic hydroxyl groups is 2. The molecule has 0 bridgehead atoms. The van der Waals surface area contributed by atoms with Gasteiger partial charge in [-0.1, -0.05) is 13.8 Å². The number of rotatable bonds is 15. The maximum atomic E-state index is 13.9. The number of hydrogen-bond acceptors (Lipinski definition) is 14. The normalized spacial score (nSPS) is 24.0. The Bertz CT molecular complexity index is 1260. The van der Waals surface area contributed by atoms with Crippen molar-refractivity contribution in [3.63, 3.8) is 0 Å². The summed E-state index contributed by atoms with van der Waals surface area (Å²) in [6.45, 7) is 7.61. The van der Waals surface area contributed by atoms with E-state index in [0.29, 0.717) is 12.8 Å². The number of nitrogens with two attached hydrogens (primary N) is 1.